The van der Waals surface area contributed by atoms with Crippen LogP contribution in [0.4, 0.5) is 0 Å². The largest absolute Gasteiger partial charge is 0.493 e. The van der Waals surface area contributed by atoms with E-state index in [1.807, 2.05) is 6.07 Å². The third kappa shape index (κ3) is 5.16. The molecule has 0 bridgehead atoms. The van der Waals surface area contributed by atoms with Gasteiger partial charge in [0.1, 0.15) is 0 Å². The van der Waals surface area contributed by atoms with Crippen LogP contribution in [0.3, 0.4) is 0 Å². The predicted octanol–water partition coefficient (Wildman–Crippen LogP) is 0.996. The molecule has 0 spiro atoms. The molecule has 1 aromatic rings. The van der Waals surface area contributed by atoms with Gasteiger partial charge in [0.05, 0.1) is 25.5 Å². The molecule has 0 aliphatic heterocycles. The number of methoxy groups -OCH3 is 2. The Hall–Kier alpha value is -1.02. The highest BCUT2D eigenvalue weighted by Gasteiger charge is 2.12. The average molecular weight is 323 g/mol. The van der Waals surface area contributed by atoms with Crippen molar-refractivity contribution in [2.24, 2.45) is 0 Å². The number of ether oxygens (including phenoxy) is 2. The van der Waals surface area contributed by atoms with Crippen LogP contribution in [0.2, 0.25) is 5.02 Å². The van der Waals surface area contributed by atoms with Gasteiger partial charge in [-0.25, -0.2) is 13.1 Å². The first-order chi connectivity index (χ1) is 9.39. The third-order valence-electron chi connectivity index (χ3n) is 2.55. The summed E-state index contributed by atoms with van der Waals surface area (Å²) in [5, 5.41) is 3.58. The number of hydrogen-bond donors (Lipinski definition) is 2. The molecule has 8 heteroatoms. The Kier molecular flexibility index (Phi) is 6.54. The maximum atomic E-state index is 10.9. The fourth-order valence-corrected chi connectivity index (χ4v) is 2.39. The first-order valence-corrected chi connectivity index (χ1v) is 8.20. The van der Waals surface area contributed by atoms with Gasteiger partial charge >= 0.3 is 0 Å². The van der Waals surface area contributed by atoms with E-state index in [1.54, 1.807) is 13.2 Å². The molecule has 0 radical (unpaired) electrons. The van der Waals surface area contributed by atoms with Crippen LogP contribution < -0.4 is 19.5 Å². The molecule has 20 heavy (non-hydrogen) atoms. The van der Waals surface area contributed by atoms with Crippen molar-refractivity contribution in [3.63, 3.8) is 0 Å². The summed E-state index contributed by atoms with van der Waals surface area (Å²) in [5.41, 5.74) is 0.851. The van der Waals surface area contributed by atoms with Gasteiger partial charge < -0.3 is 14.8 Å². The zero-order valence-corrected chi connectivity index (χ0v) is 13.3. The van der Waals surface area contributed by atoms with Crippen LogP contribution in [-0.4, -0.2) is 42.0 Å². The molecular weight excluding hydrogens is 304 g/mol. The van der Waals surface area contributed by atoms with E-state index in [2.05, 4.69) is 10.0 Å². The minimum Gasteiger partial charge on any atom is -0.493 e. The minimum absolute atomic E-state index is 0.323. The lowest BCUT2D eigenvalue weighted by Crippen LogP contribution is -2.30. The summed E-state index contributed by atoms with van der Waals surface area (Å²) < 4.78 is 34.5. The highest BCUT2D eigenvalue weighted by molar-refractivity contribution is 7.88. The SMILES string of the molecule is COc1ccc(CNCCNS(C)(=O)=O)c(Cl)c1OC. The standard InChI is InChI=1S/C12H19ClN2O4S/c1-18-10-5-4-9(11(13)12(10)19-2)8-14-6-7-15-20(3,16)17/h4-5,14-15H,6-8H2,1-3H3. The van der Waals surface area contributed by atoms with Gasteiger partial charge in [0, 0.05) is 19.6 Å². The topological polar surface area (TPSA) is 76.7 Å². The normalized spacial score (nSPS) is 11.4. The summed E-state index contributed by atoms with van der Waals surface area (Å²) in [4.78, 5) is 0. The molecule has 114 valence electrons. The lowest BCUT2D eigenvalue weighted by molar-refractivity contribution is 0.354. The van der Waals surface area contributed by atoms with Crippen LogP contribution in [0.25, 0.3) is 0 Å². The second kappa shape index (κ2) is 7.68. The molecule has 2 N–H and O–H groups in total. The van der Waals surface area contributed by atoms with Gasteiger partial charge in [0.15, 0.2) is 11.5 Å². The summed E-state index contributed by atoms with van der Waals surface area (Å²) in [5.74, 6) is 1.06. The summed E-state index contributed by atoms with van der Waals surface area (Å²) in [6, 6.07) is 3.61. The van der Waals surface area contributed by atoms with Crippen LogP contribution in [0.5, 0.6) is 11.5 Å². The third-order valence-corrected chi connectivity index (χ3v) is 3.69. The molecule has 0 aliphatic carbocycles. The smallest absolute Gasteiger partial charge is 0.208 e. The molecule has 0 saturated heterocycles. The van der Waals surface area contributed by atoms with Crippen molar-refractivity contribution in [2.75, 3.05) is 33.6 Å². The van der Waals surface area contributed by atoms with E-state index < -0.39 is 10.0 Å². The summed E-state index contributed by atoms with van der Waals surface area (Å²) in [6.07, 6.45) is 1.12. The van der Waals surface area contributed by atoms with Gasteiger partial charge in [-0.2, -0.15) is 0 Å². The lowest BCUT2D eigenvalue weighted by Gasteiger charge is -2.13. The first kappa shape index (κ1) is 17.0. The first-order valence-electron chi connectivity index (χ1n) is 5.93. The molecule has 1 aromatic carbocycles. The van der Waals surface area contributed by atoms with Crippen LogP contribution >= 0.6 is 11.6 Å². The number of halogens is 1. The number of rotatable bonds is 8. The molecule has 0 unspecified atom stereocenters. The molecule has 0 aromatic heterocycles. The molecule has 0 aliphatic rings. The Bertz CT molecular complexity index is 549. The van der Waals surface area contributed by atoms with Crippen LogP contribution in [0, 0.1) is 0 Å². The zero-order chi connectivity index (χ0) is 15.2. The Morgan fingerprint density at radius 2 is 1.90 bits per heavy atom. The van der Waals surface area contributed by atoms with E-state index in [0.717, 1.165) is 11.8 Å². The maximum Gasteiger partial charge on any atom is 0.208 e. The number of hydrogen-bond acceptors (Lipinski definition) is 5. The molecule has 0 amide bonds. The second-order valence-electron chi connectivity index (χ2n) is 4.12. The number of nitrogens with one attached hydrogen (secondary N) is 2. The Morgan fingerprint density at radius 3 is 2.45 bits per heavy atom. The van der Waals surface area contributed by atoms with E-state index in [1.165, 1.54) is 7.11 Å². The fourth-order valence-electron chi connectivity index (χ4n) is 1.61. The molecular formula is C12H19ClN2O4S. The number of benzene rings is 1. The lowest BCUT2D eigenvalue weighted by atomic mass is 10.2. The van der Waals surface area contributed by atoms with E-state index in [0.29, 0.717) is 36.2 Å². The Labute approximate surface area is 124 Å². The predicted molar refractivity (Wildman–Crippen MR) is 79.1 cm³/mol. The highest BCUT2D eigenvalue weighted by Crippen LogP contribution is 2.37. The van der Waals surface area contributed by atoms with Gasteiger partial charge in [-0.15, -0.1) is 0 Å². The van der Waals surface area contributed by atoms with Crippen molar-refractivity contribution < 1.29 is 17.9 Å². The molecule has 0 saturated carbocycles. The van der Waals surface area contributed by atoms with Gasteiger partial charge in [0.25, 0.3) is 0 Å². The quantitative estimate of drug-likeness (QED) is 0.698. The summed E-state index contributed by atoms with van der Waals surface area (Å²) >= 11 is 6.22. The minimum atomic E-state index is -3.15. The Morgan fingerprint density at radius 1 is 1.20 bits per heavy atom. The maximum absolute atomic E-state index is 10.9. The highest BCUT2D eigenvalue weighted by atomic mass is 35.5. The molecule has 1 rings (SSSR count). The van der Waals surface area contributed by atoms with Crippen LogP contribution in [0.1, 0.15) is 5.56 Å². The van der Waals surface area contributed by atoms with E-state index in [-0.39, 0.29) is 0 Å². The van der Waals surface area contributed by atoms with Crippen LogP contribution in [0.15, 0.2) is 12.1 Å². The summed E-state index contributed by atoms with van der Waals surface area (Å²) in [6.45, 7) is 1.33. The van der Waals surface area contributed by atoms with Crippen molar-refractivity contribution in [3.05, 3.63) is 22.7 Å². The van der Waals surface area contributed by atoms with Gasteiger partial charge in [0.2, 0.25) is 10.0 Å². The fraction of sp³-hybridized carbons (Fsp3) is 0.500. The van der Waals surface area contributed by atoms with Crippen LogP contribution in [-0.2, 0) is 16.6 Å². The average Bonchev–Trinajstić information content (AvgIpc) is 2.38. The van der Waals surface area contributed by atoms with Crippen molar-refractivity contribution >= 4 is 21.6 Å². The monoisotopic (exact) mass is 322 g/mol. The molecule has 6 nitrogen and oxygen atoms in total. The zero-order valence-electron chi connectivity index (χ0n) is 11.7. The van der Waals surface area contributed by atoms with Gasteiger partial charge in [-0.3, -0.25) is 0 Å². The summed E-state index contributed by atoms with van der Waals surface area (Å²) in [7, 11) is -0.0803. The van der Waals surface area contributed by atoms with E-state index in [9.17, 15) is 8.42 Å². The van der Waals surface area contributed by atoms with E-state index >= 15 is 0 Å². The van der Waals surface area contributed by atoms with Crippen molar-refractivity contribution in [1.29, 1.82) is 0 Å². The van der Waals surface area contributed by atoms with Gasteiger partial charge in [-0.05, 0) is 11.6 Å². The molecule has 0 atom stereocenters. The Balaban J connectivity index is 2.57. The van der Waals surface area contributed by atoms with E-state index in [4.69, 9.17) is 21.1 Å². The number of sulfonamides is 1. The molecule has 0 heterocycles. The molecule has 0 fully saturated rings. The van der Waals surface area contributed by atoms with Gasteiger partial charge in [-0.1, -0.05) is 17.7 Å². The van der Waals surface area contributed by atoms with Crippen molar-refractivity contribution in [1.82, 2.24) is 10.0 Å². The van der Waals surface area contributed by atoms with Crippen molar-refractivity contribution in [2.45, 2.75) is 6.54 Å². The van der Waals surface area contributed by atoms with Crippen molar-refractivity contribution in [3.8, 4) is 11.5 Å². The second-order valence-corrected chi connectivity index (χ2v) is 6.33.